The molecule has 5 nitrogen and oxygen atoms in total. The van der Waals surface area contributed by atoms with E-state index in [1.807, 2.05) is 19.9 Å². The van der Waals surface area contributed by atoms with E-state index in [4.69, 9.17) is 0 Å². The zero-order valence-corrected chi connectivity index (χ0v) is 11.1. The van der Waals surface area contributed by atoms with Crippen LogP contribution in [0.4, 0.5) is 5.82 Å². The molecule has 5 heteroatoms. The van der Waals surface area contributed by atoms with Crippen molar-refractivity contribution in [2.75, 3.05) is 18.0 Å². The zero-order chi connectivity index (χ0) is 13.3. The summed E-state index contributed by atoms with van der Waals surface area (Å²) in [5.41, 5.74) is 0.919. The average molecular weight is 249 g/mol. The predicted molar refractivity (Wildman–Crippen MR) is 68.6 cm³/mol. The Hall–Kier alpha value is -1.65. The van der Waals surface area contributed by atoms with Crippen molar-refractivity contribution in [2.24, 2.45) is 11.8 Å². The molecule has 0 aliphatic carbocycles. The van der Waals surface area contributed by atoms with Gasteiger partial charge in [-0.05, 0) is 26.2 Å². The van der Waals surface area contributed by atoms with Crippen molar-refractivity contribution in [1.82, 2.24) is 9.97 Å². The molecule has 2 rings (SSSR count). The molecular weight excluding hydrogens is 230 g/mol. The molecule has 1 aliphatic heterocycles. The van der Waals surface area contributed by atoms with Crippen LogP contribution in [0.2, 0.25) is 0 Å². The molecule has 0 radical (unpaired) electrons. The summed E-state index contributed by atoms with van der Waals surface area (Å²) < 4.78 is 0. The van der Waals surface area contributed by atoms with Gasteiger partial charge in [0, 0.05) is 24.8 Å². The minimum Gasteiger partial charge on any atom is -0.481 e. The number of rotatable bonds is 2. The lowest BCUT2D eigenvalue weighted by Gasteiger charge is -2.35. The molecule has 18 heavy (non-hydrogen) atoms. The topological polar surface area (TPSA) is 66.3 Å². The van der Waals surface area contributed by atoms with Crippen LogP contribution in [0.15, 0.2) is 6.07 Å². The van der Waals surface area contributed by atoms with Gasteiger partial charge in [0.15, 0.2) is 0 Å². The summed E-state index contributed by atoms with van der Waals surface area (Å²) in [5.74, 6) is 0.932. The third-order valence-electron chi connectivity index (χ3n) is 3.29. The first kappa shape index (κ1) is 12.8. The molecule has 0 amide bonds. The fourth-order valence-electron chi connectivity index (χ4n) is 2.58. The maximum absolute atomic E-state index is 11.2. The number of piperidine rings is 1. The Labute approximate surface area is 107 Å². The minimum absolute atomic E-state index is 0.302. The molecule has 2 unspecified atom stereocenters. The molecule has 1 aliphatic rings. The second kappa shape index (κ2) is 4.92. The van der Waals surface area contributed by atoms with E-state index in [1.54, 1.807) is 0 Å². The quantitative estimate of drug-likeness (QED) is 0.863. The molecule has 1 aromatic heterocycles. The second-order valence-corrected chi connectivity index (χ2v) is 5.20. The van der Waals surface area contributed by atoms with E-state index in [0.717, 1.165) is 30.3 Å². The highest BCUT2D eigenvalue weighted by Gasteiger charge is 2.30. The number of carboxylic acid groups (broad SMARTS) is 1. The van der Waals surface area contributed by atoms with E-state index in [-0.39, 0.29) is 5.92 Å². The number of aliphatic carboxylic acids is 1. The Morgan fingerprint density at radius 1 is 1.39 bits per heavy atom. The first-order chi connectivity index (χ1) is 8.45. The smallest absolute Gasteiger partial charge is 0.308 e. The number of hydrogen-bond acceptors (Lipinski definition) is 4. The number of anilines is 1. The number of nitrogens with zero attached hydrogens (tertiary/aromatic N) is 3. The standard InChI is InChI=1S/C13H19N3O2/c1-8-4-11(13(17)18)7-16(6-8)12-5-9(2)14-10(3)15-12/h5,8,11H,4,6-7H2,1-3H3,(H,17,18). The minimum atomic E-state index is -0.714. The van der Waals surface area contributed by atoms with E-state index >= 15 is 0 Å². The summed E-state index contributed by atoms with van der Waals surface area (Å²) in [7, 11) is 0. The number of hydrogen-bond donors (Lipinski definition) is 1. The molecule has 0 saturated carbocycles. The maximum Gasteiger partial charge on any atom is 0.308 e. The molecule has 1 N–H and O–H groups in total. The van der Waals surface area contributed by atoms with Gasteiger partial charge in [0.05, 0.1) is 5.92 Å². The lowest BCUT2D eigenvalue weighted by atomic mass is 9.90. The van der Waals surface area contributed by atoms with Crippen molar-refractivity contribution in [1.29, 1.82) is 0 Å². The third kappa shape index (κ3) is 2.78. The molecule has 98 valence electrons. The lowest BCUT2D eigenvalue weighted by molar-refractivity contribution is -0.142. The van der Waals surface area contributed by atoms with Crippen LogP contribution in [-0.4, -0.2) is 34.1 Å². The summed E-state index contributed by atoms with van der Waals surface area (Å²) in [5, 5.41) is 9.17. The Balaban J connectivity index is 2.23. The van der Waals surface area contributed by atoms with Gasteiger partial charge in [0.2, 0.25) is 0 Å². The molecular formula is C13H19N3O2. The van der Waals surface area contributed by atoms with Gasteiger partial charge in [-0.3, -0.25) is 4.79 Å². The van der Waals surface area contributed by atoms with Crippen molar-refractivity contribution in [2.45, 2.75) is 27.2 Å². The molecule has 2 heterocycles. The molecule has 1 saturated heterocycles. The fourth-order valence-corrected chi connectivity index (χ4v) is 2.58. The van der Waals surface area contributed by atoms with Crippen molar-refractivity contribution >= 4 is 11.8 Å². The third-order valence-corrected chi connectivity index (χ3v) is 3.29. The largest absolute Gasteiger partial charge is 0.481 e. The Morgan fingerprint density at radius 3 is 2.72 bits per heavy atom. The van der Waals surface area contributed by atoms with E-state index in [2.05, 4.69) is 21.8 Å². The molecule has 0 spiro atoms. The van der Waals surface area contributed by atoms with Crippen LogP contribution in [0.1, 0.15) is 24.9 Å². The van der Waals surface area contributed by atoms with Crippen LogP contribution in [0.3, 0.4) is 0 Å². The Bertz CT molecular complexity index is 441. The highest BCUT2D eigenvalue weighted by atomic mass is 16.4. The van der Waals surface area contributed by atoms with Crippen LogP contribution in [-0.2, 0) is 4.79 Å². The van der Waals surface area contributed by atoms with Crippen molar-refractivity contribution in [3.63, 3.8) is 0 Å². The van der Waals surface area contributed by atoms with Gasteiger partial charge >= 0.3 is 5.97 Å². The lowest BCUT2D eigenvalue weighted by Crippen LogP contribution is -2.43. The summed E-state index contributed by atoms with van der Waals surface area (Å²) in [6, 6.07) is 1.92. The second-order valence-electron chi connectivity index (χ2n) is 5.20. The molecule has 0 bridgehead atoms. The van der Waals surface area contributed by atoms with Gasteiger partial charge in [-0.2, -0.15) is 0 Å². The number of carboxylic acids is 1. The van der Waals surface area contributed by atoms with Gasteiger partial charge in [0.1, 0.15) is 11.6 Å². The monoisotopic (exact) mass is 249 g/mol. The van der Waals surface area contributed by atoms with Gasteiger partial charge in [-0.25, -0.2) is 9.97 Å². The van der Waals surface area contributed by atoms with E-state index < -0.39 is 5.97 Å². The summed E-state index contributed by atoms with van der Waals surface area (Å²) in [4.78, 5) is 21.9. The van der Waals surface area contributed by atoms with Crippen molar-refractivity contribution in [3.05, 3.63) is 17.6 Å². The predicted octanol–water partition coefficient (Wildman–Crippen LogP) is 1.64. The summed E-state index contributed by atoms with van der Waals surface area (Å²) >= 11 is 0. The molecule has 1 fully saturated rings. The first-order valence-electron chi connectivity index (χ1n) is 6.25. The number of aromatic nitrogens is 2. The number of carbonyl (C=O) groups is 1. The SMILES string of the molecule is Cc1cc(N2CC(C)CC(C(=O)O)C2)nc(C)n1. The Morgan fingerprint density at radius 2 is 2.11 bits per heavy atom. The van der Waals surface area contributed by atoms with Crippen LogP contribution < -0.4 is 4.90 Å². The molecule has 1 aromatic rings. The van der Waals surface area contributed by atoms with Gasteiger partial charge in [-0.15, -0.1) is 0 Å². The van der Waals surface area contributed by atoms with Crippen molar-refractivity contribution < 1.29 is 9.90 Å². The van der Waals surface area contributed by atoms with Crippen LogP contribution in [0, 0.1) is 25.7 Å². The highest BCUT2D eigenvalue weighted by Crippen LogP contribution is 2.25. The van der Waals surface area contributed by atoms with Gasteiger partial charge < -0.3 is 10.0 Å². The zero-order valence-electron chi connectivity index (χ0n) is 11.1. The summed E-state index contributed by atoms with van der Waals surface area (Å²) in [6.07, 6.45) is 0.745. The first-order valence-corrected chi connectivity index (χ1v) is 6.25. The van der Waals surface area contributed by atoms with E-state index in [1.165, 1.54) is 0 Å². The summed E-state index contributed by atoms with van der Waals surface area (Å²) in [6.45, 7) is 7.27. The van der Waals surface area contributed by atoms with Gasteiger partial charge in [-0.1, -0.05) is 6.92 Å². The highest BCUT2D eigenvalue weighted by molar-refractivity contribution is 5.71. The maximum atomic E-state index is 11.2. The number of aryl methyl sites for hydroxylation is 2. The normalized spacial score (nSPS) is 24.1. The average Bonchev–Trinajstić information content (AvgIpc) is 2.26. The van der Waals surface area contributed by atoms with Crippen LogP contribution in [0.25, 0.3) is 0 Å². The van der Waals surface area contributed by atoms with E-state index in [9.17, 15) is 9.90 Å². The fraction of sp³-hybridized carbons (Fsp3) is 0.615. The van der Waals surface area contributed by atoms with Gasteiger partial charge in [0.25, 0.3) is 0 Å². The molecule has 0 aromatic carbocycles. The van der Waals surface area contributed by atoms with E-state index in [0.29, 0.717) is 12.5 Å². The van der Waals surface area contributed by atoms with Crippen LogP contribution in [0.5, 0.6) is 0 Å². The van der Waals surface area contributed by atoms with Crippen molar-refractivity contribution in [3.8, 4) is 0 Å². The van der Waals surface area contributed by atoms with Crippen LogP contribution >= 0.6 is 0 Å². The molecule has 2 atom stereocenters. The Kier molecular flexibility index (Phi) is 3.50.